The molecule has 1 N–H and O–H groups in total. The molecule has 0 saturated carbocycles. The maximum absolute atomic E-state index is 13.6. The zero-order valence-electron chi connectivity index (χ0n) is 14.7. The van der Waals surface area contributed by atoms with E-state index in [2.05, 4.69) is 28.0 Å². The number of hydrogen-bond acceptors (Lipinski definition) is 2. The predicted octanol–water partition coefficient (Wildman–Crippen LogP) is 5.35. The molecule has 1 fully saturated rings. The molecule has 1 aromatic carbocycles. The molecule has 0 atom stereocenters. The zero-order valence-corrected chi connectivity index (χ0v) is 15.4. The first kappa shape index (κ1) is 17.3. The van der Waals surface area contributed by atoms with Gasteiger partial charge < -0.3 is 9.88 Å². The normalized spacial score (nSPS) is 16.1. The lowest BCUT2D eigenvalue weighted by atomic mass is 9.93. The summed E-state index contributed by atoms with van der Waals surface area (Å²) in [5.41, 5.74) is 5.30. The van der Waals surface area contributed by atoms with Gasteiger partial charge in [-0.05, 0) is 74.9 Å². The van der Waals surface area contributed by atoms with Gasteiger partial charge in [-0.15, -0.1) is 0 Å². The van der Waals surface area contributed by atoms with E-state index in [-0.39, 0.29) is 5.02 Å². The van der Waals surface area contributed by atoms with Crippen LogP contribution in [0.5, 0.6) is 0 Å². The van der Waals surface area contributed by atoms with Crippen LogP contribution in [0.25, 0.3) is 22.4 Å². The van der Waals surface area contributed by atoms with Gasteiger partial charge in [0.1, 0.15) is 5.82 Å². The Labute approximate surface area is 157 Å². The standard InChI is InChI=1S/C21H21ClFN3/c1-26-10-6-15(7-11-26)20-13-17(14-4-8-24-9-5-14)21(25-20)16-2-3-19(23)18(22)12-16/h2-5,8-9,12-13,15,25H,6-7,10-11H2,1H3. The number of piperidine rings is 1. The minimum absolute atomic E-state index is 0.138. The lowest BCUT2D eigenvalue weighted by molar-refractivity contribution is 0.253. The number of nitrogens with one attached hydrogen (secondary N) is 1. The number of H-pyrrole nitrogens is 1. The van der Waals surface area contributed by atoms with Crippen LogP contribution >= 0.6 is 11.6 Å². The molecule has 3 heterocycles. The fourth-order valence-electron chi connectivity index (χ4n) is 3.65. The molecule has 0 radical (unpaired) electrons. The number of nitrogens with zero attached hydrogens (tertiary/aromatic N) is 2. The van der Waals surface area contributed by atoms with E-state index in [9.17, 15) is 4.39 Å². The first-order valence-electron chi connectivity index (χ1n) is 8.89. The highest BCUT2D eigenvalue weighted by molar-refractivity contribution is 6.31. The summed E-state index contributed by atoms with van der Waals surface area (Å²) >= 11 is 6.03. The van der Waals surface area contributed by atoms with Crippen molar-refractivity contribution in [1.82, 2.24) is 14.9 Å². The van der Waals surface area contributed by atoms with Gasteiger partial charge >= 0.3 is 0 Å². The number of benzene rings is 1. The van der Waals surface area contributed by atoms with Gasteiger partial charge in [-0.2, -0.15) is 0 Å². The van der Waals surface area contributed by atoms with Gasteiger partial charge in [0, 0.05) is 35.1 Å². The van der Waals surface area contributed by atoms with Crippen molar-refractivity contribution in [2.75, 3.05) is 20.1 Å². The predicted molar refractivity (Wildman–Crippen MR) is 104 cm³/mol. The molecule has 134 valence electrons. The van der Waals surface area contributed by atoms with Crippen molar-refractivity contribution in [2.24, 2.45) is 0 Å². The largest absolute Gasteiger partial charge is 0.358 e. The van der Waals surface area contributed by atoms with Crippen LogP contribution in [0.3, 0.4) is 0 Å². The van der Waals surface area contributed by atoms with Crippen molar-refractivity contribution in [3.05, 3.63) is 65.3 Å². The Morgan fingerprint density at radius 3 is 2.50 bits per heavy atom. The van der Waals surface area contributed by atoms with Crippen LogP contribution in [0.1, 0.15) is 24.5 Å². The number of pyridine rings is 1. The summed E-state index contributed by atoms with van der Waals surface area (Å²) < 4.78 is 13.6. The quantitative estimate of drug-likeness (QED) is 0.675. The second kappa shape index (κ2) is 7.22. The second-order valence-electron chi connectivity index (χ2n) is 6.96. The minimum Gasteiger partial charge on any atom is -0.358 e. The fourth-order valence-corrected chi connectivity index (χ4v) is 3.83. The molecule has 4 rings (SSSR count). The van der Waals surface area contributed by atoms with Gasteiger partial charge in [0.15, 0.2) is 0 Å². The number of halogens is 2. The number of rotatable bonds is 3. The zero-order chi connectivity index (χ0) is 18.1. The molecule has 1 aliphatic rings. The van der Waals surface area contributed by atoms with Crippen LogP contribution in [0.2, 0.25) is 5.02 Å². The molecule has 5 heteroatoms. The third kappa shape index (κ3) is 3.39. The Morgan fingerprint density at radius 2 is 1.81 bits per heavy atom. The highest BCUT2D eigenvalue weighted by Crippen LogP contribution is 2.38. The van der Waals surface area contributed by atoms with E-state index in [1.807, 2.05) is 12.1 Å². The van der Waals surface area contributed by atoms with Crippen molar-refractivity contribution in [1.29, 1.82) is 0 Å². The molecule has 1 aliphatic heterocycles. The van der Waals surface area contributed by atoms with Gasteiger partial charge in [-0.3, -0.25) is 4.98 Å². The topological polar surface area (TPSA) is 31.9 Å². The van der Waals surface area contributed by atoms with E-state index >= 15 is 0 Å². The molecule has 0 aliphatic carbocycles. The molecule has 1 saturated heterocycles. The van der Waals surface area contributed by atoms with E-state index in [0.29, 0.717) is 5.92 Å². The third-order valence-corrected chi connectivity index (χ3v) is 5.49. The van der Waals surface area contributed by atoms with E-state index in [0.717, 1.165) is 48.3 Å². The average molecular weight is 370 g/mol. The van der Waals surface area contributed by atoms with Crippen LogP contribution in [0.4, 0.5) is 4.39 Å². The SMILES string of the molecule is CN1CCC(c2cc(-c3ccncc3)c(-c3ccc(F)c(Cl)c3)[nH]2)CC1. The molecule has 0 amide bonds. The van der Waals surface area contributed by atoms with Gasteiger partial charge in [-0.1, -0.05) is 11.6 Å². The number of aromatic nitrogens is 2. The lowest BCUT2D eigenvalue weighted by Gasteiger charge is -2.28. The Bertz CT molecular complexity index is 899. The minimum atomic E-state index is -0.400. The number of hydrogen-bond donors (Lipinski definition) is 1. The molecular weight excluding hydrogens is 349 g/mol. The van der Waals surface area contributed by atoms with Crippen molar-refractivity contribution >= 4 is 11.6 Å². The Morgan fingerprint density at radius 1 is 1.08 bits per heavy atom. The van der Waals surface area contributed by atoms with Gasteiger partial charge in [0.25, 0.3) is 0 Å². The third-order valence-electron chi connectivity index (χ3n) is 5.20. The van der Waals surface area contributed by atoms with Crippen LogP contribution in [0, 0.1) is 5.82 Å². The van der Waals surface area contributed by atoms with E-state index in [4.69, 9.17) is 11.6 Å². The summed E-state index contributed by atoms with van der Waals surface area (Å²) in [5, 5.41) is 0.138. The van der Waals surface area contributed by atoms with Crippen LogP contribution in [0.15, 0.2) is 48.8 Å². The summed E-state index contributed by atoms with van der Waals surface area (Å²) in [7, 11) is 2.17. The number of aromatic amines is 1. The molecule has 0 unspecified atom stereocenters. The monoisotopic (exact) mass is 369 g/mol. The molecular formula is C21H21ClFN3. The van der Waals surface area contributed by atoms with E-state index < -0.39 is 5.82 Å². The van der Waals surface area contributed by atoms with Gasteiger partial charge in [-0.25, -0.2) is 4.39 Å². The summed E-state index contributed by atoms with van der Waals surface area (Å²) in [6.45, 7) is 2.21. The first-order valence-corrected chi connectivity index (χ1v) is 9.27. The Kier molecular flexibility index (Phi) is 4.79. The maximum Gasteiger partial charge on any atom is 0.141 e. The fraction of sp³-hybridized carbons (Fsp3) is 0.286. The van der Waals surface area contributed by atoms with Crippen LogP contribution in [-0.2, 0) is 0 Å². The smallest absolute Gasteiger partial charge is 0.141 e. The summed E-state index contributed by atoms with van der Waals surface area (Å²) in [5.74, 6) is 0.111. The molecule has 2 aromatic heterocycles. The van der Waals surface area contributed by atoms with E-state index in [1.54, 1.807) is 24.5 Å². The van der Waals surface area contributed by atoms with Crippen molar-refractivity contribution < 1.29 is 4.39 Å². The Hall–Kier alpha value is -2.17. The molecule has 3 nitrogen and oxygen atoms in total. The summed E-state index contributed by atoms with van der Waals surface area (Å²) in [6, 6.07) is 11.1. The molecule has 0 spiro atoms. The van der Waals surface area contributed by atoms with Gasteiger partial charge in [0.05, 0.1) is 10.7 Å². The van der Waals surface area contributed by atoms with E-state index in [1.165, 1.54) is 11.8 Å². The number of likely N-dealkylation sites (tertiary alicyclic amines) is 1. The highest BCUT2D eigenvalue weighted by Gasteiger charge is 2.22. The van der Waals surface area contributed by atoms with Crippen molar-refractivity contribution in [3.63, 3.8) is 0 Å². The van der Waals surface area contributed by atoms with Crippen LogP contribution < -0.4 is 0 Å². The van der Waals surface area contributed by atoms with Crippen molar-refractivity contribution in [2.45, 2.75) is 18.8 Å². The average Bonchev–Trinajstić information content (AvgIpc) is 3.11. The summed E-state index contributed by atoms with van der Waals surface area (Å²) in [6.07, 6.45) is 5.85. The molecule has 26 heavy (non-hydrogen) atoms. The summed E-state index contributed by atoms with van der Waals surface area (Å²) in [4.78, 5) is 10.1. The molecule has 3 aromatic rings. The maximum atomic E-state index is 13.6. The van der Waals surface area contributed by atoms with Gasteiger partial charge in [0.2, 0.25) is 0 Å². The highest BCUT2D eigenvalue weighted by atomic mass is 35.5. The van der Waals surface area contributed by atoms with Crippen molar-refractivity contribution in [3.8, 4) is 22.4 Å². The molecule has 0 bridgehead atoms. The Balaban J connectivity index is 1.79. The first-order chi connectivity index (χ1) is 12.6. The van der Waals surface area contributed by atoms with Crippen LogP contribution in [-0.4, -0.2) is 35.0 Å². The lowest BCUT2D eigenvalue weighted by Crippen LogP contribution is -2.29. The second-order valence-corrected chi connectivity index (χ2v) is 7.36.